The van der Waals surface area contributed by atoms with Gasteiger partial charge < -0.3 is 0 Å². The van der Waals surface area contributed by atoms with Crippen molar-refractivity contribution in [3.63, 3.8) is 0 Å². The highest BCUT2D eigenvalue weighted by atomic mass is 19.4. The lowest BCUT2D eigenvalue weighted by Crippen LogP contribution is -2.16. The summed E-state index contributed by atoms with van der Waals surface area (Å²) in [5.41, 5.74) is -3.19. The Bertz CT molecular complexity index is 356. The smallest absolute Gasteiger partial charge is 0.166 e. The molecule has 0 aliphatic rings. The van der Waals surface area contributed by atoms with Crippen LogP contribution in [-0.2, 0) is 18.8 Å². The van der Waals surface area contributed by atoms with Gasteiger partial charge in [-0.15, -0.1) is 0 Å². The molecule has 0 N–H and O–H groups in total. The van der Waals surface area contributed by atoms with E-state index >= 15 is 0 Å². The van der Waals surface area contributed by atoms with Crippen molar-refractivity contribution in [1.82, 2.24) is 0 Å². The van der Waals surface area contributed by atoms with E-state index in [1.165, 1.54) is 13.3 Å². The number of benzene rings is 1. The first kappa shape index (κ1) is 13.9. The number of hydrogen-bond donors (Lipinski definition) is 0. The van der Waals surface area contributed by atoms with Gasteiger partial charge in [0.2, 0.25) is 0 Å². The molecule has 1 radical (unpaired) electrons. The first-order valence-electron chi connectivity index (χ1n) is 4.72. The van der Waals surface area contributed by atoms with Crippen molar-refractivity contribution in [3.8, 4) is 0 Å². The minimum absolute atomic E-state index is 0.371. The lowest BCUT2D eigenvalue weighted by Gasteiger charge is -2.18. The molecule has 17 heavy (non-hydrogen) atoms. The highest BCUT2D eigenvalue weighted by molar-refractivity contribution is 5.39. The SMILES string of the molecule is C[CH]Cc1c(C(F)(F)F)cccc1C(F)(F)F. The van der Waals surface area contributed by atoms with Gasteiger partial charge in [-0.2, -0.15) is 26.3 Å². The molecule has 0 spiro atoms. The Morgan fingerprint density at radius 1 is 0.941 bits per heavy atom. The molecule has 0 aliphatic carbocycles. The van der Waals surface area contributed by atoms with E-state index in [1.807, 2.05) is 0 Å². The van der Waals surface area contributed by atoms with Gasteiger partial charge in [-0.1, -0.05) is 13.0 Å². The normalized spacial score (nSPS) is 12.9. The lowest BCUT2D eigenvalue weighted by molar-refractivity contribution is -0.144. The molecule has 1 aromatic carbocycles. The van der Waals surface area contributed by atoms with Crippen LogP contribution in [0.2, 0.25) is 0 Å². The Hall–Kier alpha value is -1.20. The Morgan fingerprint density at radius 3 is 1.65 bits per heavy atom. The highest BCUT2D eigenvalue weighted by Crippen LogP contribution is 2.39. The quantitative estimate of drug-likeness (QED) is 0.683. The molecule has 0 amide bonds. The third-order valence-electron chi connectivity index (χ3n) is 2.20. The van der Waals surface area contributed by atoms with E-state index < -0.39 is 29.0 Å². The Morgan fingerprint density at radius 2 is 1.35 bits per heavy atom. The van der Waals surface area contributed by atoms with Gasteiger partial charge in [0.05, 0.1) is 11.1 Å². The zero-order valence-corrected chi connectivity index (χ0v) is 8.78. The molecule has 6 heteroatoms. The minimum atomic E-state index is -4.78. The molecule has 0 aromatic heterocycles. The molecule has 0 nitrogen and oxygen atoms in total. The van der Waals surface area contributed by atoms with Gasteiger partial charge in [0, 0.05) is 0 Å². The van der Waals surface area contributed by atoms with Crippen LogP contribution in [0, 0.1) is 6.42 Å². The van der Waals surface area contributed by atoms with Crippen molar-refractivity contribution >= 4 is 0 Å². The van der Waals surface area contributed by atoms with E-state index in [0.29, 0.717) is 12.1 Å². The van der Waals surface area contributed by atoms with Crippen molar-refractivity contribution in [2.24, 2.45) is 0 Å². The zero-order chi connectivity index (χ0) is 13.3. The maximum absolute atomic E-state index is 12.6. The van der Waals surface area contributed by atoms with Crippen molar-refractivity contribution in [3.05, 3.63) is 41.3 Å². The lowest BCUT2D eigenvalue weighted by atomic mass is 9.96. The predicted molar refractivity (Wildman–Crippen MR) is 50.1 cm³/mol. The van der Waals surface area contributed by atoms with Gasteiger partial charge in [0.15, 0.2) is 0 Å². The summed E-state index contributed by atoms with van der Waals surface area (Å²) in [6.07, 6.45) is -8.66. The molecule has 0 fully saturated rings. The summed E-state index contributed by atoms with van der Waals surface area (Å²) >= 11 is 0. The van der Waals surface area contributed by atoms with E-state index in [-0.39, 0.29) is 6.42 Å². The van der Waals surface area contributed by atoms with Gasteiger partial charge in [0.25, 0.3) is 0 Å². The van der Waals surface area contributed by atoms with Gasteiger partial charge in [-0.05, 0) is 30.5 Å². The molecule has 0 unspecified atom stereocenters. The first-order valence-corrected chi connectivity index (χ1v) is 4.72. The van der Waals surface area contributed by atoms with Crippen molar-refractivity contribution in [2.75, 3.05) is 0 Å². The summed E-state index contributed by atoms with van der Waals surface area (Å²) in [6.45, 7) is 1.41. The summed E-state index contributed by atoms with van der Waals surface area (Å²) in [5.74, 6) is 0. The third kappa shape index (κ3) is 3.14. The number of halogens is 6. The highest BCUT2D eigenvalue weighted by Gasteiger charge is 2.39. The summed E-state index contributed by atoms with van der Waals surface area (Å²) in [6, 6.07) is 2.09. The van der Waals surface area contributed by atoms with Gasteiger partial charge in [-0.25, -0.2) is 0 Å². The first-order chi connectivity index (χ1) is 7.68. The van der Waals surface area contributed by atoms with Crippen LogP contribution in [0.5, 0.6) is 0 Å². The van der Waals surface area contributed by atoms with Crippen LogP contribution in [0.25, 0.3) is 0 Å². The summed E-state index contributed by atoms with van der Waals surface area (Å²) in [7, 11) is 0. The number of hydrogen-bond acceptors (Lipinski definition) is 0. The van der Waals surface area contributed by atoms with E-state index in [1.54, 1.807) is 0 Å². The second kappa shape index (κ2) is 4.58. The van der Waals surface area contributed by atoms with Gasteiger partial charge >= 0.3 is 12.4 Å². The second-order valence-corrected chi connectivity index (χ2v) is 3.44. The number of alkyl halides is 6. The molecule has 0 heterocycles. The molecule has 1 rings (SSSR count). The summed E-state index contributed by atoms with van der Waals surface area (Å²) in [5, 5.41) is 0. The molecular formula is C11H9F6. The Labute approximate surface area is 94.2 Å². The van der Waals surface area contributed by atoms with Crippen molar-refractivity contribution in [2.45, 2.75) is 25.7 Å². The van der Waals surface area contributed by atoms with Crippen LogP contribution < -0.4 is 0 Å². The molecule has 0 saturated carbocycles. The maximum Gasteiger partial charge on any atom is 0.416 e. The zero-order valence-electron chi connectivity index (χ0n) is 8.78. The largest absolute Gasteiger partial charge is 0.416 e. The Balaban J connectivity index is 3.43. The van der Waals surface area contributed by atoms with Crippen LogP contribution >= 0.6 is 0 Å². The van der Waals surface area contributed by atoms with Crippen LogP contribution in [0.15, 0.2) is 18.2 Å². The van der Waals surface area contributed by atoms with Crippen LogP contribution in [0.1, 0.15) is 23.6 Å². The minimum Gasteiger partial charge on any atom is -0.166 e. The fourth-order valence-electron chi connectivity index (χ4n) is 1.54. The van der Waals surface area contributed by atoms with Gasteiger partial charge in [0.1, 0.15) is 0 Å². The van der Waals surface area contributed by atoms with E-state index in [9.17, 15) is 26.3 Å². The predicted octanol–water partition coefficient (Wildman–Crippen LogP) is 4.49. The van der Waals surface area contributed by atoms with Gasteiger partial charge in [-0.3, -0.25) is 0 Å². The fourth-order valence-corrected chi connectivity index (χ4v) is 1.54. The molecule has 1 aromatic rings. The molecule has 0 aliphatic heterocycles. The standard InChI is InChI=1S/C11H9F6/c1-2-4-7-8(10(12,13)14)5-3-6-9(7)11(15,16)17/h2-3,5-6H,4H2,1H3. The number of rotatable bonds is 2. The molecule has 0 saturated heterocycles. The van der Waals surface area contributed by atoms with Crippen LogP contribution in [-0.4, -0.2) is 0 Å². The van der Waals surface area contributed by atoms with Crippen molar-refractivity contribution in [1.29, 1.82) is 0 Å². The topological polar surface area (TPSA) is 0 Å². The van der Waals surface area contributed by atoms with Crippen LogP contribution in [0.3, 0.4) is 0 Å². The summed E-state index contributed by atoms with van der Waals surface area (Å²) < 4.78 is 75.4. The molecular weight excluding hydrogens is 246 g/mol. The van der Waals surface area contributed by atoms with E-state index in [0.717, 1.165) is 6.07 Å². The third-order valence-corrected chi connectivity index (χ3v) is 2.20. The summed E-state index contributed by atoms with van der Waals surface area (Å²) in [4.78, 5) is 0. The average molecular weight is 255 g/mol. The maximum atomic E-state index is 12.6. The fraction of sp³-hybridized carbons (Fsp3) is 0.364. The monoisotopic (exact) mass is 255 g/mol. The van der Waals surface area contributed by atoms with Crippen LogP contribution in [0.4, 0.5) is 26.3 Å². The second-order valence-electron chi connectivity index (χ2n) is 3.44. The molecule has 0 atom stereocenters. The Kier molecular flexibility index (Phi) is 3.74. The average Bonchev–Trinajstić information content (AvgIpc) is 2.15. The molecule has 95 valence electrons. The van der Waals surface area contributed by atoms with E-state index in [2.05, 4.69) is 0 Å². The molecule has 0 bridgehead atoms. The van der Waals surface area contributed by atoms with Crippen molar-refractivity contribution < 1.29 is 26.3 Å². The van der Waals surface area contributed by atoms with E-state index in [4.69, 9.17) is 0 Å².